The molecule has 0 radical (unpaired) electrons. The Bertz CT molecular complexity index is 411. The maximum Gasteiger partial charge on any atom is 0.340 e. The van der Waals surface area contributed by atoms with Crippen LogP contribution in [0.3, 0.4) is 0 Å². The van der Waals surface area contributed by atoms with Crippen molar-refractivity contribution in [2.75, 3.05) is 14.2 Å². The average molecular weight is 221 g/mol. The monoisotopic (exact) mass is 221 g/mol. The topological polar surface area (TPSA) is 65.5 Å². The van der Waals surface area contributed by atoms with E-state index in [1.165, 1.54) is 20.4 Å². The van der Waals surface area contributed by atoms with E-state index in [4.69, 9.17) is 0 Å². The Morgan fingerprint density at radius 1 is 1.25 bits per heavy atom. The van der Waals surface area contributed by atoms with Crippen LogP contribution in [0.4, 0.5) is 0 Å². The van der Waals surface area contributed by atoms with Gasteiger partial charge in [-0.2, -0.15) is 0 Å². The van der Waals surface area contributed by atoms with Gasteiger partial charge in [0.25, 0.3) is 0 Å². The van der Waals surface area contributed by atoms with Gasteiger partial charge in [0, 0.05) is 12.3 Å². The van der Waals surface area contributed by atoms with Crippen LogP contribution in [-0.2, 0) is 19.1 Å². The summed E-state index contributed by atoms with van der Waals surface area (Å²) in [5.41, 5.74) is 0.426. The van der Waals surface area contributed by atoms with Crippen LogP contribution >= 0.6 is 0 Å². The third kappa shape index (κ3) is 2.91. The molecule has 1 aromatic heterocycles. The highest BCUT2D eigenvalue weighted by Gasteiger charge is 2.15. The summed E-state index contributed by atoms with van der Waals surface area (Å²) in [5.74, 6) is -1.27. The molecule has 0 amide bonds. The van der Waals surface area contributed by atoms with Crippen molar-refractivity contribution in [1.29, 1.82) is 0 Å². The number of hydrogen-bond acceptors (Lipinski definition) is 5. The van der Waals surface area contributed by atoms with Crippen LogP contribution in [0.15, 0.2) is 30.5 Å². The molecule has 1 rings (SSSR count). The predicted molar refractivity (Wildman–Crippen MR) is 56.2 cm³/mol. The molecule has 5 heteroatoms. The van der Waals surface area contributed by atoms with Crippen LogP contribution in [0.1, 0.15) is 5.69 Å². The Hall–Kier alpha value is -2.17. The van der Waals surface area contributed by atoms with Crippen LogP contribution < -0.4 is 0 Å². The summed E-state index contributed by atoms with van der Waals surface area (Å²) < 4.78 is 9.00. The number of esters is 2. The summed E-state index contributed by atoms with van der Waals surface area (Å²) in [6.45, 7) is 0. The summed E-state index contributed by atoms with van der Waals surface area (Å²) in [7, 11) is 2.46. The quantitative estimate of drug-likeness (QED) is 0.558. The first-order chi connectivity index (χ1) is 7.69. The van der Waals surface area contributed by atoms with Gasteiger partial charge in [-0.3, -0.25) is 4.98 Å². The third-order valence-corrected chi connectivity index (χ3v) is 1.81. The maximum absolute atomic E-state index is 11.4. The molecule has 1 aromatic rings. The smallest absolute Gasteiger partial charge is 0.340 e. The van der Waals surface area contributed by atoms with E-state index in [1.807, 2.05) is 0 Å². The first-order valence-corrected chi connectivity index (χ1v) is 4.48. The zero-order valence-electron chi connectivity index (χ0n) is 8.97. The second-order valence-electron chi connectivity index (χ2n) is 2.79. The Balaban J connectivity index is 3.11. The van der Waals surface area contributed by atoms with Gasteiger partial charge in [0.15, 0.2) is 0 Å². The molecule has 0 aliphatic carbocycles. The van der Waals surface area contributed by atoms with Gasteiger partial charge in [0.05, 0.1) is 25.5 Å². The molecule has 1 heterocycles. The van der Waals surface area contributed by atoms with Crippen molar-refractivity contribution >= 4 is 17.5 Å². The van der Waals surface area contributed by atoms with E-state index in [2.05, 4.69) is 14.5 Å². The lowest BCUT2D eigenvalue weighted by atomic mass is 10.1. The second-order valence-corrected chi connectivity index (χ2v) is 2.79. The molecule has 0 aromatic carbocycles. The van der Waals surface area contributed by atoms with Gasteiger partial charge in [-0.1, -0.05) is 6.07 Å². The van der Waals surface area contributed by atoms with E-state index < -0.39 is 11.9 Å². The SMILES string of the molecule is COC(=O)C=C(C(=O)OC)c1ccccn1. The van der Waals surface area contributed by atoms with Crippen LogP contribution in [0, 0.1) is 0 Å². The fourth-order valence-electron chi connectivity index (χ4n) is 1.05. The number of ether oxygens (including phenoxy) is 2. The Morgan fingerprint density at radius 3 is 2.50 bits per heavy atom. The molecule has 0 aliphatic heterocycles. The van der Waals surface area contributed by atoms with E-state index in [0.29, 0.717) is 5.69 Å². The Labute approximate surface area is 92.7 Å². The lowest BCUT2D eigenvalue weighted by Gasteiger charge is -2.03. The number of carbonyl (C=O) groups excluding carboxylic acids is 2. The van der Waals surface area contributed by atoms with Crippen LogP contribution in [0.25, 0.3) is 5.57 Å². The molecule has 0 N–H and O–H groups in total. The molecule has 16 heavy (non-hydrogen) atoms. The van der Waals surface area contributed by atoms with Gasteiger partial charge in [-0.25, -0.2) is 9.59 Å². The normalized spacial score (nSPS) is 10.8. The van der Waals surface area contributed by atoms with Gasteiger partial charge in [0.1, 0.15) is 0 Å². The minimum atomic E-state index is -0.635. The number of aromatic nitrogens is 1. The lowest BCUT2D eigenvalue weighted by molar-refractivity contribution is -0.136. The minimum absolute atomic E-state index is 0.0648. The number of hydrogen-bond donors (Lipinski definition) is 0. The van der Waals surface area contributed by atoms with E-state index in [9.17, 15) is 9.59 Å². The van der Waals surface area contributed by atoms with Crippen molar-refractivity contribution in [3.05, 3.63) is 36.2 Å². The number of methoxy groups -OCH3 is 2. The van der Waals surface area contributed by atoms with Crippen molar-refractivity contribution < 1.29 is 19.1 Å². The predicted octanol–water partition coefficient (Wildman–Crippen LogP) is 0.811. The molecular weight excluding hydrogens is 210 g/mol. The van der Waals surface area contributed by atoms with E-state index in [0.717, 1.165) is 6.08 Å². The summed E-state index contributed by atoms with van der Waals surface area (Å²) in [5, 5.41) is 0. The molecule has 0 saturated carbocycles. The second kappa shape index (κ2) is 5.65. The molecule has 0 atom stereocenters. The molecule has 0 aliphatic rings. The highest BCUT2D eigenvalue weighted by atomic mass is 16.5. The number of carbonyl (C=O) groups is 2. The number of pyridine rings is 1. The molecule has 0 bridgehead atoms. The van der Waals surface area contributed by atoms with Crippen LogP contribution in [-0.4, -0.2) is 31.1 Å². The maximum atomic E-state index is 11.4. The number of nitrogens with zero attached hydrogens (tertiary/aromatic N) is 1. The van der Waals surface area contributed by atoms with Crippen molar-refractivity contribution in [3.63, 3.8) is 0 Å². The van der Waals surface area contributed by atoms with Gasteiger partial charge in [-0.05, 0) is 12.1 Å². The largest absolute Gasteiger partial charge is 0.466 e. The fraction of sp³-hybridized carbons (Fsp3) is 0.182. The molecule has 84 valence electrons. The molecular formula is C11H11NO4. The van der Waals surface area contributed by atoms with E-state index in [-0.39, 0.29) is 5.57 Å². The average Bonchev–Trinajstić information content (AvgIpc) is 2.35. The first kappa shape index (κ1) is 11.9. The Morgan fingerprint density at radius 2 is 2.00 bits per heavy atom. The highest BCUT2D eigenvalue weighted by molar-refractivity contribution is 6.19. The van der Waals surface area contributed by atoms with E-state index >= 15 is 0 Å². The zero-order chi connectivity index (χ0) is 12.0. The van der Waals surface area contributed by atoms with Crippen molar-refractivity contribution in [3.8, 4) is 0 Å². The van der Waals surface area contributed by atoms with Crippen LogP contribution in [0.2, 0.25) is 0 Å². The number of rotatable bonds is 3. The van der Waals surface area contributed by atoms with Gasteiger partial charge in [0.2, 0.25) is 0 Å². The van der Waals surface area contributed by atoms with Gasteiger partial charge < -0.3 is 9.47 Å². The molecule has 0 spiro atoms. The summed E-state index contributed by atoms with van der Waals surface area (Å²) in [6, 6.07) is 5.01. The highest BCUT2D eigenvalue weighted by Crippen LogP contribution is 2.12. The van der Waals surface area contributed by atoms with Crippen LogP contribution in [0.5, 0.6) is 0 Å². The van der Waals surface area contributed by atoms with Gasteiger partial charge in [-0.15, -0.1) is 0 Å². The third-order valence-electron chi connectivity index (χ3n) is 1.81. The summed E-state index contributed by atoms with van der Waals surface area (Å²) in [4.78, 5) is 26.5. The summed E-state index contributed by atoms with van der Waals surface area (Å²) >= 11 is 0. The zero-order valence-corrected chi connectivity index (χ0v) is 8.97. The lowest BCUT2D eigenvalue weighted by Crippen LogP contribution is -2.08. The van der Waals surface area contributed by atoms with Gasteiger partial charge >= 0.3 is 11.9 Å². The van der Waals surface area contributed by atoms with Crippen molar-refractivity contribution in [2.24, 2.45) is 0 Å². The fourth-order valence-corrected chi connectivity index (χ4v) is 1.05. The minimum Gasteiger partial charge on any atom is -0.466 e. The summed E-state index contributed by atoms with van der Waals surface area (Å²) in [6.07, 6.45) is 2.57. The molecule has 0 unspecified atom stereocenters. The van der Waals surface area contributed by atoms with Crippen molar-refractivity contribution in [1.82, 2.24) is 4.98 Å². The molecule has 0 fully saturated rings. The Kier molecular flexibility index (Phi) is 4.20. The molecule has 0 saturated heterocycles. The van der Waals surface area contributed by atoms with Crippen molar-refractivity contribution in [2.45, 2.75) is 0 Å². The molecule has 5 nitrogen and oxygen atoms in total. The first-order valence-electron chi connectivity index (χ1n) is 4.48. The standard InChI is InChI=1S/C11H11NO4/c1-15-10(13)7-8(11(14)16-2)9-5-3-4-6-12-9/h3-7H,1-2H3. The van der Waals surface area contributed by atoms with E-state index in [1.54, 1.807) is 18.2 Å².